The molecule has 0 spiro atoms. The molecule has 1 amide bonds. The first-order valence-electron chi connectivity index (χ1n) is 5.17. The maximum absolute atomic E-state index is 13.4. The van der Waals surface area contributed by atoms with Crippen LogP contribution in [0.15, 0.2) is 24.4 Å². The summed E-state index contributed by atoms with van der Waals surface area (Å²) in [5.41, 5.74) is 0.223. The van der Waals surface area contributed by atoms with Crippen LogP contribution in [0.25, 0.3) is 0 Å². The lowest BCUT2D eigenvalue weighted by Crippen LogP contribution is -2.11. The Balaban J connectivity index is 2.16. The largest absolute Gasteiger partial charge is 0.494 e. The second kappa shape index (κ2) is 5.14. The maximum Gasteiger partial charge on any atom is 0.257 e. The van der Waals surface area contributed by atoms with Gasteiger partial charge in [0.05, 0.1) is 7.11 Å². The molecule has 0 saturated carbocycles. The van der Waals surface area contributed by atoms with Gasteiger partial charge in [0.15, 0.2) is 16.7 Å². The Bertz CT molecular complexity index is 583. The van der Waals surface area contributed by atoms with Crippen LogP contribution in [-0.4, -0.2) is 18.0 Å². The molecule has 4 nitrogen and oxygen atoms in total. The van der Waals surface area contributed by atoms with Crippen LogP contribution >= 0.6 is 11.3 Å². The van der Waals surface area contributed by atoms with E-state index in [9.17, 15) is 9.18 Å². The van der Waals surface area contributed by atoms with Crippen LogP contribution in [0.1, 0.15) is 15.2 Å². The lowest BCUT2D eigenvalue weighted by Gasteiger charge is -2.04. The SMILES string of the molecule is COc1ccc(C(=O)Nc2ncc(C)s2)cc1F. The van der Waals surface area contributed by atoms with Crippen molar-refractivity contribution in [2.75, 3.05) is 12.4 Å². The molecule has 18 heavy (non-hydrogen) atoms. The summed E-state index contributed by atoms with van der Waals surface area (Å²) in [4.78, 5) is 16.8. The van der Waals surface area contributed by atoms with E-state index in [1.165, 1.54) is 30.6 Å². The van der Waals surface area contributed by atoms with Crippen molar-refractivity contribution in [1.29, 1.82) is 0 Å². The second-order valence-electron chi connectivity index (χ2n) is 3.58. The summed E-state index contributed by atoms with van der Waals surface area (Å²) in [5.74, 6) is -0.858. The number of anilines is 1. The number of benzene rings is 1. The Kier molecular flexibility index (Phi) is 3.57. The van der Waals surface area contributed by atoms with E-state index in [2.05, 4.69) is 10.3 Å². The van der Waals surface area contributed by atoms with Gasteiger partial charge in [-0.1, -0.05) is 0 Å². The molecule has 1 heterocycles. The molecule has 0 bridgehead atoms. The Morgan fingerprint density at radius 1 is 1.50 bits per heavy atom. The molecule has 0 fully saturated rings. The number of methoxy groups -OCH3 is 1. The molecule has 0 aliphatic heterocycles. The molecule has 0 radical (unpaired) electrons. The number of carbonyl (C=O) groups excluding carboxylic acids is 1. The van der Waals surface area contributed by atoms with Crippen molar-refractivity contribution in [1.82, 2.24) is 4.98 Å². The second-order valence-corrected chi connectivity index (χ2v) is 4.81. The zero-order valence-corrected chi connectivity index (χ0v) is 10.7. The minimum atomic E-state index is -0.569. The number of aromatic nitrogens is 1. The number of nitrogens with one attached hydrogen (secondary N) is 1. The first-order chi connectivity index (χ1) is 8.60. The van der Waals surface area contributed by atoms with Gasteiger partial charge in [0.1, 0.15) is 0 Å². The molecule has 1 aromatic carbocycles. The van der Waals surface area contributed by atoms with Gasteiger partial charge in [-0.2, -0.15) is 0 Å². The fraction of sp³-hybridized carbons (Fsp3) is 0.167. The number of halogens is 1. The summed E-state index contributed by atoms with van der Waals surface area (Å²) in [6.07, 6.45) is 1.66. The fourth-order valence-corrected chi connectivity index (χ4v) is 2.05. The molecular weight excluding hydrogens is 255 g/mol. The van der Waals surface area contributed by atoms with Crippen molar-refractivity contribution in [2.24, 2.45) is 0 Å². The van der Waals surface area contributed by atoms with Crippen molar-refractivity contribution in [3.63, 3.8) is 0 Å². The van der Waals surface area contributed by atoms with E-state index in [0.717, 1.165) is 10.9 Å². The summed E-state index contributed by atoms with van der Waals surface area (Å²) in [5, 5.41) is 3.10. The average Bonchev–Trinajstić information content (AvgIpc) is 2.74. The number of thiazole rings is 1. The fourth-order valence-electron chi connectivity index (χ4n) is 1.39. The van der Waals surface area contributed by atoms with E-state index >= 15 is 0 Å². The molecule has 1 aromatic heterocycles. The first kappa shape index (κ1) is 12.5. The molecule has 0 aliphatic carbocycles. The highest BCUT2D eigenvalue weighted by Crippen LogP contribution is 2.20. The summed E-state index contributed by atoms with van der Waals surface area (Å²) in [7, 11) is 1.37. The zero-order chi connectivity index (χ0) is 13.1. The quantitative estimate of drug-likeness (QED) is 0.929. The van der Waals surface area contributed by atoms with E-state index in [-0.39, 0.29) is 11.3 Å². The van der Waals surface area contributed by atoms with Crippen LogP contribution in [0.5, 0.6) is 5.75 Å². The molecule has 0 aliphatic rings. The molecule has 0 saturated heterocycles. The summed E-state index contributed by atoms with van der Waals surface area (Å²) in [6.45, 7) is 1.89. The van der Waals surface area contributed by atoms with Crippen molar-refractivity contribution in [3.8, 4) is 5.75 Å². The van der Waals surface area contributed by atoms with Crippen LogP contribution in [0, 0.1) is 12.7 Å². The highest BCUT2D eigenvalue weighted by Gasteiger charge is 2.11. The van der Waals surface area contributed by atoms with Gasteiger partial charge in [0.2, 0.25) is 0 Å². The Morgan fingerprint density at radius 3 is 2.83 bits per heavy atom. The Hall–Kier alpha value is -1.95. The summed E-state index contributed by atoms with van der Waals surface area (Å²) >= 11 is 1.36. The smallest absolute Gasteiger partial charge is 0.257 e. The van der Waals surface area contributed by atoms with E-state index < -0.39 is 11.7 Å². The first-order valence-corrected chi connectivity index (χ1v) is 5.99. The van der Waals surface area contributed by atoms with Gasteiger partial charge in [-0.15, -0.1) is 11.3 Å². The number of carbonyl (C=O) groups is 1. The predicted octanol–water partition coefficient (Wildman–Crippen LogP) is 2.85. The van der Waals surface area contributed by atoms with Gasteiger partial charge in [-0.05, 0) is 25.1 Å². The Morgan fingerprint density at radius 2 is 2.28 bits per heavy atom. The highest BCUT2D eigenvalue weighted by atomic mass is 32.1. The topological polar surface area (TPSA) is 51.2 Å². The van der Waals surface area contributed by atoms with Gasteiger partial charge in [-0.3, -0.25) is 10.1 Å². The number of rotatable bonds is 3. The van der Waals surface area contributed by atoms with E-state index in [0.29, 0.717) is 5.13 Å². The normalized spacial score (nSPS) is 10.2. The molecule has 0 unspecified atom stereocenters. The van der Waals surface area contributed by atoms with Crippen molar-refractivity contribution < 1.29 is 13.9 Å². The lowest BCUT2D eigenvalue weighted by atomic mass is 10.2. The van der Waals surface area contributed by atoms with Gasteiger partial charge in [-0.25, -0.2) is 9.37 Å². The number of aryl methyl sites for hydroxylation is 1. The van der Waals surface area contributed by atoms with Crippen LogP contribution in [0.2, 0.25) is 0 Å². The molecular formula is C12H11FN2O2S. The number of hydrogen-bond acceptors (Lipinski definition) is 4. The van der Waals surface area contributed by atoms with E-state index in [4.69, 9.17) is 4.74 Å². The van der Waals surface area contributed by atoms with Crippen molar-refractivity contribution in [3.05, 3.63) is 40.7 Å². The lowest BCUT2D eigenvalue weighted by molar-refractivity contribution is 0.102. The predicted molar refractivity (Wildman–Crippen MR) is 67.8 cm³/mol. The molecule has 94 valence electrons. The van der Waals surface area contributed by atoms with Crippen LogP contribution in [-0.2, 0) is 0 Å². The molecule has 1 N–H and O–H groups in total. The third-order valence-corrected chi connectivity index (χ3v) is 3.08. The summed E-state index contributed by atoms with van der Waals surface area (Å²) < 4.78 is 18.2. The van der Waals surface area contributed by atoms with Crippen LogP contribution in [0.3, 0.4) is 0 Å². The van der Waals surface area contributed by atoms with Crippen LogP contribution < -0.4 is 10.1 Å². The Labute approximate surface area is 107 Å². The van der Waals surface area contributed by atoms with Gasteiger partial charge < -0.3 is 4.74 Å². The van der Waals surface area contributed by atoms with Crippen molar-refractivity contribution in [2.45, 2.75) is 6.92 Å². The molecule has 0 atom stereocenters. The third-order valence-electron chi connectivity index (χ3n) is 2.26. The molecule has 2 aromatic rings. The van der Waals surface area contributed by atoms with Gasteiger partial charge in [0, 0.05) is 16.6 Å². The molecule has 2 rings (SSSR count). The molecule has 6 heteroatoms. The van der Waals surface area contributed by atoms with E-state index in [1.807, 2.05) is 6.92 Å². The number of ether oxygens (including phenoxy) is 1. The monoisotopic (exact) mass is 266 g/mol. The van der Waals surface area contributed by atoms with Crippen LogP contribution in [0.4, 0.5) is 9.52 Å². The standard InChI is InChI=1S/C12H11FN2O2S/c1-7-6-14-12(18-7)15-11(16)8-3-4-10(17-2)9(13)5-8/h3-6H,1-2H3,(H,14,15,16). The van der Waals surface area contributed by atoms with Crippen molar-refractivity contribution >= 4 is 22.4 Å². The number of amides is 1. The van der Waals surface area contributed by atoms with Gasteiger partial charge in [0.25, 0.3) is 5.91 Å². The van der Waals surface area contributed by atoms with Gasteiger partial charge >= 0.3 is 0 Å². The maximum atomic E-state index is 13.4. The summed E-state index contributed by atoms with van der Waals surface area (Å²) in [6, 6.07) is 4.05. The third kappa shape index (κ3) is 2.65. The number of hydrogen-bond donors (Lipinski definition) is 1. The average molecular weight is 266 g/mol. The minimum absolute atomic E-state index is 0.108. The van der Waals surface area contributed by atoms with E-state index in [1.54, 1.807) is 6.20 Å². The highest BCUT2D eigenvalue weighted by molar-refractivity contribution is 7.15. The minimum Gasteiger partial charge on any atom is -0.494 e. The zero-order valence-electron chi connectivity index (χ0n) is 9.86. The number of nitrogens with zero attached hydrogens (tertiary/aromatic N) is 1.